The second-order valence-corrected chi connectivity index (χ2v) is 12.1. The molecular weight excluding hydrogens is 668 g/mol. The minimum Gasteiger partial charge on any atom is -0.370 e. The highest BCUT2D eigenvalue weighted by molar-refractivity contribution is 5.96. The van der Waals surface area contributed by atoms with Crippen LogP contribution in [-0.2, 0) is 43.2 Å². The summed E-state index contributed by atoms with van der Waals surface area (Å²) in [7, 11) is 0. The molecule has 0 aliphatic heterocycles. The number of nitriles is 1. The Hall–Kier alpha value is -6.70. The van der Waals surface area contributed by atoms with Gasteiger partial charge in [0, 0.05) is 61.7 Å². The van der Waals surface area contributed by atoms with Crippen molar-refractivity contribution in [3.8, 4) is 6.07 Å². The second-order valence-electron chi connectivity index (χ2n) is 12.1. The molecule has 2 heterocycles. The van der Waals surface area contributed by atoms with E-state index in [2.05, 4.69) is 41.2 Å². The zero-order valence-corrected chi connectivity index (χ0v) is 28.5. The quantitative estimate of drug-likeness (QED) is 0.0357. The minimum atomic E-state index is -1.25. The van der Waals surface area contributed by atoms with Gasteiger partial charge in [0.2, 0.25) is 29.5 Å². The van der Waals surface area contributed by atoms with Gasteiger partial charge in [-0.15, -0.1) is 0 Å². The van der Waals surface area contributed by atoms with Crippen LogP contribution < -0.4 is 38.5 Å². The number of carbonyl (C=O) groups excluding carboxylic acids is 5. The van der Waals surface area contributed by atoms with Crippen LogP contribution in [0.3, 0.4) is 0 Å². The average molecular weight is 711 g/mol. The van der Waals surface area contributed by atoms with Crippen molar-refractivity contribution in [2.75, 3.05) is 6.54 Å². The molecule has 0 saturated carbocycles. The maximum Gasteiger partial charge on any atom is 0.243 e. The highest BCUT2D eigenvalue weighted by Crippen LogP contribution is 2.19. The topological polar surface area (TPSA) is 292 Å². The molecule has 0 spiro atoms. The summed E-state index contributed by atoms with van der Waals surface area (Å²) in [6.07, 6.45) is 5.09. The van der Waals surface area contributed by atoms with Crippen molar-refractivity contribution in [2.45, 2.75) is 63.2 Å². The first-order valence-electron chi connectivity index (χ1n) is 16.5. The number of H-pyrrole nitrogens is 2. The van der Waals surface area contributed by atoms with Crippen molar-refractivity contribution in [3.05, 3.63) is 89.6 Å². The number of hydrogen-bond donors (Lipinski definition) is 9. The molecule has 272 valence electrons. The molecule has 4 atom stereocenters. The van der Waals surface area contributed by atoms with Crippen LogP contribution in [0.4, 0.5) is 0 Å². The first kappa shape index (κ1) is 38.1. The lowest BCUT2D eigenvalue weighted by Gasteiger charge is -2.26. The van der Waals surface area contributed by atoms with E-state index in [-0.39, 0.29) is 44.6 Å². The average Bonchev–Trinajstić information content (AvgIpc) is 3.78. The molecule has 2 aromatic carbocycles. The fourth-order valence-electron chi connectivity index (χ4n) is 5.56. The summed E-state index contributed by atoms with van der Waals surface area (Å²) in [6.45, 7) is 1.41. The molecule has 0 fully saturated rings. The van der Waals surface area contributed by atoms with Crippen LogP contribution in [0.15, 0.2) is 72.2 Å². The van der Waals surface area contributed by atoms with Crippen molar-refractivity contribution in [1.82, 2.24) is 36.2 Å². The number of para-hydroxylation sites is 1. The fraction of sp³-hybridized carbons (Fsp3) is 0.314. The van der Waals surface area contributed by atoms with E-state index in [0.717, 1.165) is 16.5 Å². The van der Waals surface area contributed by atoms with Gasteiger partial charge in [-0.1, -0.05) is 30.3 Å². The molecule has 0 bridgehead atoms. The van der Waals surface area contributed by atoms with Gasteiger partial charge in [-0.05, 0) is 42.2 Å². The monoisotopic (exact) mass is 710 g/mol. The Bertz CT molecular complexity index is 1930. The van der Waals surface area contributed by atoms with Gasteiger partial charge >= 0.3 is 0 Å². The maximum absolute atomic E-state index is 14.0. The summed E-state index contributed by atoms with van der Waals surface area (Å²) >= 11 is 0. The number of guanidine groups is 1. The van der Waals surface area contributed by atoms with Gasteiger partial charge in [0.25, 0.3) is 0 Å². The standard InChI is InChI=1S/C35H42N12O5/c1-20(48)44-30(15-24-18-40-19-43-24)34(52)47-29(13-21-8-10-22(16-36)11-9-21)33(51)45-27(7-4-12-41-35(38)39)32(50)46-28(31(37)49)14-23-17-42-26-6-3-2-5-25(23)26/h2-3,5-6,8-11,17-19,27-30,42H,4,7,12-15H2,1H3,(H2,37,49)(H,40,43)(H,44,48)(H,45,51)(H,46,50)(H,47,52)(H4,38,39,41)/t27-,28-,29+,30-/m0/s1. The number of fused-ring (bicyclic) bond motifs is 1. The van der Waals surface area contributed by atoms with Gasteiger partial charge in [0.1, 0.15) is 24.2 Å². The lowest BCUT2D eigenvalue weighted by Crippen LogP contribution is -2.59. The predicted octanol–water partition coefficient (Wildman–Crippen LogP) is -0.711. The highest BCUT2D eigenvalue weighted by Gasteiger charge is 2.31. The summed E-state index contributed by atoms with van der Waals surface area (Å²) in [5.41, 5.74) is 19.8. The molecule has 12 N–H and O–H groups in total. The van der Waals surface area contributed by atoms with Crippen molar-refractivity contribution >= 4 is 46.4 Å². The number of benzene rings is 2. The van der Waals surface area contributed by atoms with Crippen molar-refractivity contribution in [2.24, 2.45) is 22.2 Å². The van der Waals surface area contributed by atoms with Gasteiger partial charge in [0.15, 0.2) is 5.96 Å². The predicted molar refractivity (Wildman–Crippen MR) is 192 cm³/mol. The van der Waals surface area contributed by atoms with Crippen LogP contribution in [0.2, 0.25) is 0 Å². The SMILES string of the molecule is CC(=O)N[C@@H](Cc1cnc[nH]1)C(=O)N[C@H](Cc1ccc(C#N)cc1)C(=O)N[C@@H](CCCN=C(N)N)C(=O)N[C@@H](Cc1c[nH]c2ccccc12)C(N)=O. The Kier molecular flexibility index (Phi) is 13.4. The second kappa shape index (κ2) is 18.3. The third kappa shape index (κ3) is 11.2. The first-order valence-corrected chi connectivity index (χ1v) is 16.5. The normalized spacial score (nSPS) is 13.1. The number of aromatic amines is 2. The van der Waals surface area contributed by atoms with Gasteiger partial charge in [-0.25, -0.2) is 4.98 Å². The molecule has 4 aromatic rings. The van der Waals surface area contributed by atoms with E-state index in [1.165, 1.54) is 19.4 Å². The molecule has 0 aliphatic carbocycles. The number of aromatic nitrogens is 3. The van der Waals surface area contributed by atoms with E-state index in [9.17, 15) is 29.2 Å². The number of rotatable bonds is 18. The molecule has 4 rings (SSSR count). The fourth-order valence-corrected chi connectivity index (χ4v) is 5.56. The molecule has 2 aromatic heterocycles. The number of aliphatic imine (C=N–C) groups is 1. The molecule has 0 unspecified atom stereocenters. The zero-order valence-electron chi connectivity index (χ0n) is 28.5. The van der Waals surface area contributed by atoms with Crippen LogP contribution >= 0.6 is 0 Å². The Balaban J connectivity index is 1.58. The van der Waals surface area contributed by atoms with Gasteiger partial charge in [0.05, 0.1) is 18.0 Å². The Labute approximate surface area is 299 Å². The molecule has 5 amide bonds. The number of hydrogen-bond acceptors (Lipinski definition) is 8. The van der Waals surface area contributed by atoms with E-state index in [4.69, 9.17) is 17.2 Å². The summed E-state index contributed by atoms with van der Waals surface area (Å²) in [5, 5.41) is 20.8. The largest absolute Gasteiger partial charge is 0.370 e. The Morgan fingerprint density at radius 2 is 1.48 bits per heavy atom. The van der Waals surface area contributed by atoms with Gasteiger partial charge in [-0.3, -0.25) is 29.0 Å². The van der Waals surface area contributed by atoms with E-state index < -0.39 is 53.7 Å². The van der Waals surface area contributed by atoms with Gasteiger partial charge in [-0.2, -0.15) is 5.26 Å². The first-order chi connectivity index (χ1) is 24.9. The van der Waals surface area contributed by atoms with E-state index in [1.807, 2.05) is 30.3 Å². The number of nitrogens with one attached hydrogen (secondary N) is 6. The van der Waals surface area contributed by atoms with E-state index >= 15 is 0 Å². The highest BCUT2D eigenvalue weighted by atomic mass is 16.2. The maximum atomic E-state index is 14.0. The minimum absolute atomic E-state index is 0.0348. The van der Waals surface area contributed by atoms with E-state index in [0.29, 0.717) is 16.8 Å². The summed E-state index contributed by atoms with van der Waals surface area (Å²) < 4.78 is 0. The van der Waals surface area contributed by atoms with Gasteiger partial charge < -0.3 is 48.4 Å². The van der Waals surface area contributed by atoms with Crippen molar-refractivity contribution in [3.63, 3.8) is 0 Å². The molecule has 0 radical (unpaired) electrons. The number of nitrogens with zero attached hydrogens (tertiary/aromatic N) is 3. The molecule has 17 heteroatoms. The molecule has 17 nitrogen and oxygen atoms in total. The van der Waals surface area contributed by atoms with Crippen LogP contribution in [0.1, 0.15) is 42.1 Å². The summed E-state index contributed by atoms with van der Waals surface area (Å²) in [5.74, 6) is -3.49. The smallest absolute Gasteiger partial charge is 0.243 e. The van der Waals surface area contributed by atoms with E-state index in [1.54, 1.807) is 30.5 Å². The Morgan fingerprint density at radius 1 is 0.827 bits per heavy atom. The number of primary amides is 1. The molecule has 0 saturated heterocycles. The van der Waals surface area contributed by atoms with Crippen LogP contribution in [0.5, 0.6) is 0 Å². The van der Waals surface area contributed by atoms with Crippen LogP contribution in [0.25, 0.3) is 10.9 Å². The van der Waals surface area contributed by atoms with Crippen molar-refractivity contribution < 1.29 is 24.0 Å². The molecule has 52 heavy (non-hydrogen) atoms. The number of amides is 5. The third-order valence-electron chi connectivity index (χ3n) is 8.17. The summed E-state index contributed by atoms with van der Waals surface area (Å²) in [4.78, 5) is 79.9. The molecular formula is C35H42N12O5. The summed E-state index contributed by atoms with van der Waals surface area (Å²) in [6, 6.07) is 11.3. The lowest BCUT2D eigenvalue weighted by molar-refractivity contribution is -0.134. The number of imidazole rings is 1. The lowest BCUT2D eigenvalue weighted by atomic mass is 10.0. The van der Waals surface area contributed by atoms with Crippen LogP contribution in [0, 0.1) is 11.3 Å². The third-order valence-corrected chi connectivity index (χ3v) is 8.17. The van der Waals surface area contributed by atoms with Crippen molar-refractivity contribution in [1.29, 1.82) is 5.26 Å². The zero-order chi connectivity index (χ0) is 37.6. The molecule has 0 aliphatic rings. The number of carbonyl (C=O) groups is 5. The van der Waals surface area contributed by atoms with Crippen LogP contribution in [-0.4, -0.2) is 81.2 Å². The number of nitrogens with two attached hydrogens (primary N) is 3. The Morgan fingerprint density at radius 3 is 2.12 bits per heavy atom.